The fraction of sp³-hybridized carbons (Fsp3) is 1.00. The highest BCUT2D eigenvalue weighted by Crippen LogP contribution is 2.33. The van der Waals surface area contributed by atoms with Crippen LogP contribution in [0.15, 0.2) is 0 Å². The Morgan fingerprint density at radius 3 is 1.72 bits per heavy atom. The first-order valence-electron chi connectivity index (χ1n) is 7.87. The minimum atomic E-state index is 0.0161. The van der Waals surface area contributed by atoms with E-state index < -0.39 is 0 Å². The van der Waals surface area contributed by atoms with Crippen molar-refractivity contribution in [1.29, 1.82) is 0 Å². The highest BCUT2D eigenvalue weighted by atomic mass is 16.7. The Morgan fingerprint density at radius 2 is 1.33 bits per heavy atom. The van der Waals surface area contributed by atoms with Crippen LogP contribution in [0.4, 0.5) is 0 Å². The number of ether oxygens (including phenoxy) is 2. The van der Waals surface area contributed by atoms with Gasteiger partial charge in [-0.25, -0.2) is 0 Å². The molecule has 2 unspecified atom stereocenters. The molecule has 0 N–H and O–H groups in total. The fourth-order valence-electron chi connectivity index (χ4n) is 2.46. The molecule has 1 aliphatic rings. The maximum Gasteiger partial charge on any atom is 0.161 e. The van der Waals surface area contributed by atoms with E-state index in [1.54, 1.807) is 0 Å². The molecule has 1 fully saturated rings. The lowest BCUT2D eigenvalue weighted by Gasteiger charge is -2.35. The van der Waals surface area contributed by atoms with Crippen LogP contribution in [0.2, 0.25) is 0 Å². The molecule has 0 amide bonds. The first-order valence-corrected chi connectivity index (χ1v) is 7.87. The van der Waals surface area contributed by atoms with Gasteiger partial charge >= 0.3 is 0 Å². The smallest absolute Gasteiger partial charge is 0.161 e. The Morgan fingerprint density at radius 1 is 0.889 bits per heavy atom. The van der Waals surface area contributed by atoms with E-state index in [2.05, 4.69) is 34.6 Å². The summed E-state index contributed by atoms with van der Waals surface area (Å²) in [7, 11) is 0. The van der Waals surface area contributed by atoms with Gasteiger partial charge in [0.15, 0.2) is 6.29 Å². The first kappa shape index (κ1) is 16.0. The molecule has 0 spiro atoms. The zero-order valence-electron chi connectivity index (χ0n) is 12.9. The van der Waals surface area contributed by atoms with Crippen LogP contribution in [0.25, 0.3) is 0 Å². The van der Waals surface area contributed by atoms with Gasteiger partial charge in [0, 0.05) is 5.92 Å². The molecule has 1 saturated carbocycles. The molecule has 1 aliphatic carbocycles. The molecular formula is C16H32O2. The van der Waals surface area contributed by atoms with Gasteiger partial charge in [0.25, 0.3) is 0 Å². The molecule has 1 rings (SSSR count). The molecule has 0 aliphatic heterocycles. The number of hydrogen-bond acceptors (Lipinski definition) is 2. The van der Waals surface area contributed by atoms with E-state index in [4.69, 9.17) is 9.47 Å². The van der Waals surface area contributed by atoms with Crippen LogP contribution in [0.5, 0.6) is 0 Å². The standard InChI is InChI=1S/C16H32O2/c1-6-13(4)17-16(18-14(5)7-2)15-10-8-12(3)9-11-15/h12-16H,6-11H2,1-5H3. The molecule has 0 heterocycles. The van der Waals surface area contributed by atoms with Gasteiger partial charge in [0.2, 0.25) is 0 Å². The van der Waals surface area contributed by atoms with Crippen LogP contribution in [0, 0.1) is 11.8 Å². The van der Waals surface area contributed by atoms with Crippen LogP contribution in [0.1, 0.15) is 73.1 Å². The fourth-order valence-corrected chi connectivity index (χ4v) is 2.46. The van der Waals surface area contributed by atoms with Crippen LogP contribution in [-0.4, -0.2) is 18.5 Å². The van der Waals surface area contributed by atoms with E-state index >= 15 is 0 Å². The van der Waals surface area contributed by atoms with E-state index in [-0.39, 0.29) is 6.29 Å². The second kappa shape index (κ2) is 8.16. The quantitative estimate of drug-likeness (QED) is 0.611. The zero-order valence-corrected chi connectivity index (χ0v) is 12.9. The molecule has 0 bridgehead atoms. The molecule has 2 heteroatoms. The summed E-state index contributed by atoms with van der Waals surface area (Å²) in [5.74, 6) is 1.48. The minimum absolute atomic E-state index is 0.0161. The SMILES string of the molecule is CCC(C)OC(OC(C)CC)C1CCC(C)CC1. The molecule has 0 radical (unpaired) electrons. The molecule has 2 atom stereocenters. The molecular weight excluding hydrogens is 224 g/mol. The maximum atomic E-state index is 6.12. The van der Waals surface area contributed by atoms with E-state index in [0.717, 1.165) is 18.8 Å². The zero-order chi connectivity index (χ0) is 13.5. The predicted molar refractivity (Wildman–Crippen MR) is 76.6 cm³/mol. The Balaban J connectivity index is 2.52. The van der Waals surface area contributed by atoms with Crippen LogP contribution < -0.4 is 0 Å². The minimum Gasteiger partial charge on any atom is -0.349 e. The van der Waals surface area contributed by atoms with Crippen molar-refractivity contribution < 1.29 is 9.47 Å². The molecule has 2 nitrogen and oxygen atoms in total. The molecule has 0 saturated heterocycles. The summed E-state index contributed by atoms with van der Waals surface area (Å²) in [4.78, 5) is 0. The second-order valence-corrected chi connectivity index (χ2v) is 6.10. The molecule has 108 valence electrons. The lowest BCUT2D eigenvalue weighted by atomic mass is 9.82. The van der Waals surface area contributed by atoms with Crippen molar-refractivity contribution in [3.05, 3.63) is 0 Å². The lowest BCUT2D eigenvalue weighted by Crippen LogP contribution is -2.35. The van der Waals surface area contributed by atoms with Gasteiger partial charge < -0.3 is 9.47 Å². The summed E-state index contributed by atoms with van der Waals surface area (Å²) < 4.78 is 12.2. The number of rotatable bonds is 7. The van der Waals surface area contributed by atoms with Crippen LogP contribution in [-0.2, 0) is 9.47 Å². The van der Waals surface area contributed by atoms with Crippen molar-refractivity contribution >= 4 is 0 Å². The van der Waals surface area contributed by atoms with Crippen LogP contribution in [0.3, 0.4) is 0 Å². The average Bonchev–Trinajstić information content (AvgIpc) is 2.38. The summed E-state index contributed by atoms with van der Waals surface area (Å²) in [5, 5.41) is 0. The average molecular weight is 256 g/mol. The van der Waals surface area contributed by atoms with Crippen molar-refractivity contribution in [2.45, 2.75) is 91.6 Å². The van der Waals surface area contributed by atoms with Gasteiger partial charge in [-0.05, 0) is 45.4 Å². The maximum absolute atomic E-state index is 6.12. The van der Waals surface area contributed by atoms with Gasteiger partial charge in [-0.15, -0.1) is 0 Å². The predicted octanol–water partition coefficient (Wildman–Crippen LogP) is 4.77. The third kappa shape index (κ3) is 5.27. The highest BCUT2D eigenvalue weighted by Gasteiger charge is 2.29. The normalized spacial score (nSPS) is 29.8. The summed E-state index contributed by atoms with van der Waals surface area (Å²) in [6.07, 6.45) is 7.92. The van der Waals surface area contributed by atoms with Crippen molar-refractivity contribution in [3.8, 4) is 0 Å². The van der Waals surface area contributed by atoms with Gasteiger partial charge in [-0.2, -0.15) is 0 Å². The summed E-state index contributed by atoms with van der Waals surface area (Å²) >= 11 is 0. The van der Waals surface area contributed by atoms with E-state index in [9.17, 15) is 0 Å². The van der Waals surface area contributed by atoms with E-state index in [1.807, 2.05) is 0 Å². The van der Waals surface area contributed by atoms with Crippen molar-refractivity contribution in [1.82, 2.24) is 0 Å². The Hall–Kier alpha value is -0.0800. The molecule has 0 aromatic heterocycles. The highest BCUT2D eigenvalue weighted by molar-refractivity contribution is 4.74. The summed E-state index contributed by atoms with van der Waals surface area (Å²) in [6.45, 7) is 11.0. The molecule has 18 heavy (non-hydrogen) atoms. The Labute approximate surface area is 113 Å². The second-order valence-electron chi connectivity index (χ2n) is 6.10. The Kier molecular flexibility index (Phi) is 7.25. The van der Waals surface area contributed by atoms with Crippen molar-refractivity contribution in [2.24, 2.45) is 11.8 Å². The lowest BCUT2D eigenvalue weighted by molar-refractivity contribution is -0.219. The summed E-state index contributed by atoms with van der Waals surface area (Å²) in [6, 6.07) is 0. The molecule has 0 aromatic rings. The first-order chi connectivity index (χ1) is 8.56. The van der Waals surface area contributed by atoms with Gasteiger partial charge in [0.1, 0.15) is 0 Å². The molecule has 0 aromatic carbocycles. The third-order valence-corrected chi connectivity index (χ3v) is 4.33. The van der Waals surface area contributed by atoms with Gasteiger partial charge in [-0.1, -0.05) is 33.6 Å². The topological polar surface area (TPSA) is 18.5 Å². The summed E-state index contributed by atoms with van der Waals surface area (Å²) in [5.41, 5.74) is 0. The van der Waals surface area contributed by atoms with Crippen molar-refractivity contribution in [2.75, 3.05) is 0 Å². The van der Waals surface area contributed by atoms with E-state index in [0.29, 0.717) is 18.1 Å². The van der Waals surface area contributed by atoms with Gasteiger partial charge in [0.05, 0.1) is 12.2 Å². The van der Waals surface area contributed by atoms with Crippen LogP contribution >= 0.6 is 0 Å². The monoisotopic (exact) mass is 256 g/mol. The number of hydrogen-bond donors (Lipinski definition) is 0. The third-order valence-electron chi connectivity index (χ3n) is 4.33. The van der Waals surface area contributed by atoms with Crippen molar-refractivity contribution in [3.63, 3.8) is 0 Å². The Bertz CT molecular complexity index is 197. The van der Waals surface area contributed by atoms with Gasteiger partial charge in [-0.3, -0.25) is 0 Å². The van der Waals surface area contributed by atoms with E-state index in [1.165, 1.54) is 25.7 Å². The largest absolute Gasteiger partial charge is 0.349 e.